The summed E-state index contributed by atoms with van der Waals surface area (Å²) >= 11 is 0. The van der Waals surface area contributed by atoms with Gasteiger partial charge in [-0.3, -0.25) is 4.90 Å². The molecule has 0 saturated carbocycles. The molecule has 4 heteroatoms. The van der Waals surface area contributed by atoms with Crippen molar-refractivity contribution in [1.82, 2.24) is 14.8 Å². The van der Waals surface area contributed by atoms with Crippen LogP contribution >= 0.6 is 0 Å². The second-order valence-electron chi connectivity index (χ2n) is 5.32. The van der Waals surface area contributed by atoms with Gasteiger partial charge in [-0.15, -0.1) is 0 Å². The topological polar surface area (TPSA) is 29.4 Å². The van der Waals surface area contributed by atoms with Gasteiger partial charge in [0.05, 0.1) is 12.6 Å². The molecule has 1 saturated heterocycles. The molecule has 108 valence electrons. The van der Waals surface area contributed by atoms with Crippen LogP contribution < -0.4 is 10.1 Å². The number of nitrogens with zero attached hydrogens (tertiary/aromatic N) is 2. The fourth-order valence-electron chi connectivity index (χ4n) is 3.05. The number of rotatable bonds is 4. The van der Waals surface area contributed by atoms with Crippen molar-refractivity contribution in [1.29, 1.82) is 0 Å². The van der Waals surface area contributed by atoms with E-state index in [1.54, 1.807) is 7.11 Å². The molecule has 20 heavy (non-hydrogen) atoms. The van der Waals surface area contributed by atoms with Gasteiger partial charge in [0, 0.05) is 50.9 Å². The van der Waals surface area contributed by atoms with E-state index in [0.29, 0.717) is 0 Å². The maximum Gasteiger partial charge on any atom is 0.143 e. The number of aryl methyl sites for hydroxylation is 1. The van der Waals surface area contributed by atoms with Gasteiger partial charge in [0.15, 0.2) is 0 Å². The van der Waals surface area contributed by atoms with Crippen molar-refractivity contribution >= 4 is 10.9 Å². The zero-order valence-corrected chi connectivity index (χ0v) is 12.4. The molecule has 1 aromatic heterocycles. The summed E-state index contributed by atoms with van der Waals surface area (Å²) in [5.41, 5.74) is 2.63. The van der Waals surface area contributed by atoms with E-state index in [1.165, 1.54) is 16.5 Å². The zero-order valence-electron chi connectivity index (χ0n) is 12.4. The van der Waals surface area contributed by atoms with E-state index in [9.17, 15) is 0 Å². The predicted octanol–water partition coefficient (Wildman–Crippen LogP) is 2.08. The number of piperazine rings is 1. The number of hydrogen-bond acceptors (Lipinski definition) is 3. The summed E-state index contributed by atoms with van der Waals surface area (Å²) < 4.78 is 7.83. The molecule has 1 aliphatic heterocycles. The van der Waals surface area contributed by atoms with Crippen LogP contribution in [0.5, 0.6) is 5.75 Å². The molecule has 3 rings (SSSR count). The Kier molecular flexibility index (Phi) is 3.94. The molecule has 2 heterocycles. The number of fused-ring (bicyclic) bond motifs is 1. The lowest BCUT2D eigenvalue weighted by Crippen LogP contribution is -2.42. The van der Waals surface area contributed by atoms with E-state index in [-0.39, 0.29) is 0 Å². The summed E-state index contributed by atoms with van der Waals surface area (Å²) in [6.07, 6.45) is 2.29. The van der Waals surface area contributed by atoms with E-state index < -0.39 is 0 Å². The SMILES string of the molecule is CCn1cc(CN2CCNCC2)c2cccc(OC)c21. The molecular formula is C16H23N3O. The highest BCUT2D eigenvalue weighted by atomic mass is 16.5. The van der Waals surface area contributed by atoms with Gasteiger partial charge in [-0.25, -0.2) is 0 Å². The number of nitrogens with one attached hydrogen (secondary N) is 1. The normalized spacial score (nSPS) is 16.7. The van der Waals surface area contributed by atoms with Crippen LogP contribution in [0.3, 0.4) is 0 Å². The average molecular weight is 273 g/mol. The molecule has 4 nitrogen and oxygen atoms in total. The summed E-state index contributed by atoms with van der Waals surface area (Å²) in [5, 5.41) is 4.73. The van der Waals surface area contributed by atoms with E-state index >= 15 is 0 Å². The van der Waals surface area contributed by atoms with Gasteiger partial charge in [0.25, 0.3) is 0 Å². The molecule has 0 unspecified atom stereocenters. The minimum absolute atomic E-state index is 0.968. The Morgan fingerprint density at radius 2 is 2.05 bits per heavy atom. The molecule has 0 atom stereocenters. The second kappa shape index (κ2) is 5.85. The molecule has 0 bridgehead atoms. The third-order valence-electron chi connectivity index (χ3n) is 4.11. The van der Waals surface area contributed by atoms with Crippen molar-refractivity contribution < 1.29 is 4.74 Å². The first kappa shape index (κ1) is 13.5. The zero-order chi connectivity index (χ0) is 13.9. The highest BCUT2D eigenvalue weighted by molar-refractivity contribution is 5.89. The van der Waals surface area contributed by atoms with Crippen molar-refractivity contribution in [2.24, 2.45) is 0 Å². The molecule has 1 aliphatic rings. The van der Waals surface area contributed by atoms with Gasteiger partial charge >= 0.3 is 0 Å². The Morgan fingerprint density at radius 1 is 1.25 bits per heavy atom. The van der Waals surface area contributed by atoms with Gasteiger partial charge in [-0.2, -0.15) is 0 Å². The Morgan fingerprint density at radius 3 is 2.75 bits per heavy atom. The van der Waals surface area contributed by atoms with E-state index in [1.807, 2.05) is 6.07 Å². The minimum Gasteiger partial charge on any atom is -0.495 e. The molecule has 0 aliphatic carbocycles. The molecule has 1 N–H and O–H groups in total. The fraction of sp³-hybridized carbons (Fsp3) is 0.500. The minimum atomic E-state index is 0.968. The highest BCUT2D eigenvalue weighted by Crippen LogP contribution is 2.30. The van der Waals surface area contributed by atoms with Gasteiger partial charge in [-0.05, 0) is 18.6 Å². The lowest BCUT2D eigenvalue weighted by atomic mass is 10.1. The molecule has 1 aromatic carbocycles. The van der Waals surface area contributed by atoms with Crippen molar-refractivity contribution in [3.05, 3.63) is 30.0 Å². The number of aromatic nitrogens is 1. The maximum atomic E-state index is 5.53. The number of ether oxygens (including phenoxy) is 1. The Labute approximate surface area is 120 Å². The third-order valence-corrected chi connectivity index (χ3v) is 4.11. The third kappa shape index (κ3) is 2.41. The Balaban J connectivity index is 1.98. The van der Waals surface area contributed by atoms with E-state index in [0.717, 1.165) is 45.0 Å². The first-order chi connectivity index (χ1) is 9.83. The summed E-state index contributed by atoms with van der Waals surface area (Å²) in [6, 6.07) is 6.34. The van der Waals surface area contributed by atoms with Crippen LogP contribution in [0.4, 0.5) is 0 Å². The molecule has 1 fully saturated rings. The van der Waals surface area contributed by atoms with Crippen LogP contribution in [0.15, 0.2) is 24.4 Å². The predicted molar refractivity (Wildman–Crippen MR) is 82.3 cm³/mol. The molecule has 0 radical (unpaired) electrons. The monoisotopic (exact) mass is 273 g/mol. The average Bonchev–Trinajstić information content (AvgIpc) is 2.86. The van der Waals surface area contributed by atoms with Gasteiger partial charge in [-0.1, -0.05) is 12.1 Å². The van der Waals surface area contributed by atoms with Crippen LogP contribution in [0.2, 0.25) is 0 Å². The first-order valence-corrected chi connectivity index (χ1v) is 7.41. The molecular weight excluding hydrogens is 250 g/mol. The van der Waals surface area contributed by atoms with Crippen molar-refractivity contribution in [3.63, 3.8) is 0 Å². The lowest BCUT2D eigenvalue weighted by Gasteiger charge is -2.26. The van der Waals surface area contributed by atoms with Crippen LogP contribution in [0, 0.1) is 0 Å². The van der Waals surface area contributed by atoms with Gasteiger partial charge < -0.3 is 14.6 Å². The quantitative estimate of drug-likeness (QED) is 0.925. The fourth-order valence-corrected chi connectivity index (χ4v) is 3.05. The largest absolute Gasteiger partial charge is 0.495 e. The summed E-state index contributed by atoms with van der Waals surface area (Å²) in [4.78, 5) is 2.52. The number of benzene rings is 1. The Hall–Kier alpha value is -1.52. The van der Waals surface area contributed by atoms with E-state index in [2.05, 4.69) is 40.0 Å². The van der Waals surface area contributed by atoms with Crippen LogP contribution in [0.25, 0.3) is 10.9 Å². The standard InChI is InChI=1S/C16H23N3O/c1-3-19-12-13(11-18-9-7-17-8-10-18)14-5-4-6-15(20-2)16(14)19/h4-6,12,17H,3,7-11H2,1-2H3. The number of hydrogen-bond donors (Lipinski definition) is 1. The van der Waals surface area contributed by atoms with Crippen LogP contribution in [0.1, 0.15) is 12.5 Å². The van der Waals surface area contributed by atoms with Crippen LogP contribution in [-0.2, 0) is 13.1 Å². The van der Waals surface area contributed by atoms with Crippen molar-refractivity contribution in [2.45, 2.75) is 20.0 Å². The smallest absolute Gasteiger partial charge is 0.143 e. The van der Waals surface area contributed by atoms with Gasteiger partial charge in [0.2, 0.25) is 0 Å². The number of para-hydroxylation sites is 1. The molecule has 0 spiro atoms. The van der Waals surface area contributed by atoms with Crippen LogP contribution in [-0.4, -0.2) is 42.8 Å². The summed E-state index contributed by atoms with van der Waals surface area (Å²) in [7, 11) is 1.75. The summed E-state index contributed by atoms with van der Waals surface area (Å²) in [5.74, 6) is 0.968. The summed E-state index contributed by atoms with van der Waals surface area (Å²) in [6.45, 7) is 8.62. The van der Waals surface area contributed by atoms with Gasteiger partial charge in [0.1, 0.15) is 5.75 Å². The molecule has 0 amide bonds. The Bertz CT molecular complexity index is 585. The van der Waals surface area contributed by atoms with Crippen molar-refractivity contribution in [3.8, 4) is 5.75 Å². The molecule has 2 aromatic rings. The lowest BCUT2D eigenvalue weighted by molar-refractivity contribution is 0.234. The van der Waals surface area contributed by atoms with E-state index in [4.69, 9.17) is 4.74 Å². The maximum absolute atomic E-state index is 5.53. The second-order valence-corrected chi connectivity index (χ2v) is 5.32. The highest BCUT2D eigenvalue weighted by Gasteiger charge is 2.16. The van der Waals surface area contributed by atoms with Crippen molar-refractivity contribution in [2.75, 3.05) is 33.3 Å². The first-order valence-electron chi connectivity index (χ1n) is 7.41. The number of methoxy groups -OCH3 is 1.